The van der Waals surface area contributed by atoms with Crippen LogP contribution in [0.3, 0.4) is 0 Å². The zero-order valence-corrected chi connectivity index (χ0v) is 11.3. The molecule has 0 heterocycles. The second kappa shape index (κ2) is 5.80. The number of rotatable bonds is 1. The number of carbonyl (C=O) groups is 2. The van der Waals surface area contributed by atoms with E-state index in [-0.39, 0.29) is 11.5 Å². The van der Waals surface area contributed by atoms with Gasteiger partial charge in [0.15, 0.2) is 0 Å². The fraction of sp³-hybridized carbons (Fsp3) is 0.857. The average molecular weight is 269 g/mol. The van der Waals surface area contributed by atoms with Gasteiger partial charge in [-0.05, 0) is 31.1 Å². The monoisotopic (exact) mass is 269 g/mol. The van der Waals surface area contributed by atoms with Crippen LogP contribution in [0, 0.1) is 5.41 Å². The standard InChI is InChI=1S/C14H23NO4/c16-12(17)15(13(18)19)11-7-3-6-10-14(11)8-4-1-2-5-9-14/h11H,1-10H2,(H,16,17)(H,18,19). The number of imide groups is 1. The molecule has 5 heteroatoms. The second-order valence-corrected chi connectivity index (χ2v) is 5.97. The van der Waals surface area contributed by atoms with Crippen molar-refractivity contribution in [3.8, 4) is 0 Å². The summed E-state index contributed by atoms with van der Waals surface area (Å²) in [5, 5.41) is 18.5. The number of amides is 2. The van der Waals surface area contributed by atoms with Crippen LogP contribution >= 0.6 is 0 Å². The van der Waals surface area contributed by atoms with Gasteiger partial charge in [-0.15, -0.1) is 0 Å². The maximum Gasteiger partial charge on any atom is 0.417 e. The van der Waals surface area contributed by atoms with Crippen LogP contribution in [-0.4, -0.2) is 33.3 Å². The Balaban J connectivity index is 2.27. The first kappa shape index (κ1) is 14.2. The van der Waals surface area contributed by atoms with Crippen molar-refractivity contribution in [1.29, 1.82) is 0 Å². The molecule has 0 bridgehead atoms. The van der Waals surface area contributed by atoms with Gasteiger partial charge in [-0.2, -0.15) is 0 Å². The molecule has 2 saturated carbocycles. The molecule has 2 rings (SSSR count). The van der Waals surface area contributed by atoms with Gasteiger partial charge in [-0.3, -0.25) is 0 Å². The average Bonchev–Trinajstić information content (AvgIpc) is 2.58. The van der Waals surface area contributed by atoms with E-state index in [1.54, 1.807) is 0 Å². The van der Waals surface area contributed by atoms with Gasteiger partial charge in [0.2, 0.25) is 0 Å². The van der Waals surface area contributed by atoms with Gasteiger partial charge < -0.3 is 10.2 Å². The van der Waals surface area contributed by atoms with Gasteiger partial charge >= 0.3 is 12.2 Å². The van der Waals surface area contributed by atoms with E-state index in [0.29, 0.717) is 11.3 Å². The molecule has 5 nitrogen and oxygen atoms in total. The van der Waals surface area contributed by atoms with Crippen LogP contribution in [0.5, 0.6) is 0 Å². The van der Waals surface area contributed by atoms with Crippen molar-refractivity contribution in [3.05, 3.63) is 0 Å². The number of hydrogen-bond acceptors (Lipinski definition) is 2. The second-order valence-electron chi connectivity index (χ2n) is 5.97. The molecule has 1 spiro atoms. The number of nitrogens with zero attached hydrogens (tertiary/aromatic N) is 1. The van der Waals surface area contributed by atoms with Crippen molar-refractivity contribution >= 4 is 12.2 Å². The van der Waals surface area contributed by atoms with Crippen molar-refractivity contribution in [3.63, 3.8) is 0 Å². The van der Waals surface area contributed by atoms with E-state index in [0.717, 1.165) is 44.9 Å². The molecule has 2 aliphatic carbocycles. The summed E-state index contributed by atoms with van der Waals surface area (Å²) >= 11 is 0. The summed E-state index contributed by atoms with van der Waals surface area (Å²) in [4.78, 5) is 23.3. The minimum absolute atomic E-state index is 0.0917. The van der Waals surface area contributed by atoms with Gasteiger partial charge in [0.05, 0.1) is 6.04 Å². The predicted octanol–water partition coefficient (Wildman–Crippen LogP) is 3.93. The topological polar surface area (TPSA) is 77.8 Å². The van der Waals surface area contributed by atoms with Crippen molar-refractivity contribution in [2.24, 2.45) is 5.41 Å². The Labute approximate surface area is 113 Å². The largest absolute Gasteiger partial charge is 0.465 e. The third kappa shape index (κ3) is 2.85. The fourth-order valence-corrected chi connectivity index (χ4v) is 4.05. The van der Waals surface area contributed by atoms with Crippen LogP contribution in [0.15, 0.2) is 0 Å². The van der Waals surface area contributed by atoms with Gasteiger partial charge in [0.1, 0.15) is 0 Å². The molecular weight excluding hydrogens is 246 g/mol. The molecule has 1 atom stereocenters. The molecule has 0 aliphatic heterocycles. The minimum atomic E-state index is -1.32. The number of carboxylic acid groups (broad SMARTS) is 2. The predicted molar refractivity (Wildman–Crippen MR) is 70.3 cm³/mol. The zero-order chi connectivity index (χ0) is 13.9. The first-order valence-electron chi connectivity index (χ1n) is 7.32. The lowest BCUT2D eigenvalue weighted by atomic mass is 9.65. The highest BCUT2D eigenvalue weighted by molar-refractivity contribution is 5.86. The maximum absolute atomic E-state index is 11.3. The maximum atomic E-state index is 11.3. The normalized spacial score (nSPS) is 26.6. The summed E-state index contributed by atoms with van der Waals surface area (Å²) in [6, 6.07) is -0.339. The van der Waals surface area contributed by atoms with Crippen LogP contribution in [0.4, 0.5) is 9.59 Å². The third-order valence-corrected chi connectivity index (χ3v) is 4.93. The molecule has 0 aromatic rings. The van der Waals surface area contributed by atoms with E-state index in [2.05, 4.69) is 0 Å². The first-order chi connectivity index (χ1) is 9.07. The van der Waals surface area contributed by atoms with Crippen LogP contribution < -0.4 is 0 Å². The molecule has 2 amide bonds. The van der Waals surface area contributed by atoms with E-state index in [1.807, 2.05) is 0 Å². The molecule has 0 aromatic carbocycles. The van der Waals surface area contributed by atoms with Crippen LogP contribution in [-0.2, 0) is 0 Å². The van der Waals surface area contributed by atoms with Gasteiger partial charge in [0, 0.05) is 0 Å². The lowest BCUT2D eigenvalue weighted by Gasteiger charge is -2.46. The molecule has 19 heavy (non-hydrogen) atoms. The smallest absolute Gasteiger partial charge is 0.417 e. The van der Waals surface area contributed by atoms with E-state index >= 15 is 0 Å². The summed E-state index contributed by atoms with van der Waals surface area (Å²) in [7, 11) is 0. The lowest BCUT2D eigenvalue weighted by Crippen LogP contribution is -2.53. The molecule has 2 N–H and O–H groups in total. The van der Waals surface area contributed by atoms with Gasteiger partial charge in [-0.25, -0.2) is 14.5 Å². The van der Waals surface area contributed by atoms with Crippen molar-refractivity contribution in [2.75, 3.05) is 0 Å². The van der Waals surface area contributed by atoms with Crippen LogP contribution in [0.1, 0.15) is 64.2 Å². The molecule has 0 saturated heterocycles. The molecular formula is C14H23NO4. The first-order valence-corrected chi connectivity index (χ1v) is 7.32. The summed E-state index contributed by atoms with van der Waals surface area (Å²) in [5.74, 6) is 0. The van der Waals surface area contributed by atoms with E-state index in [4.69, 9.17) is 0 Å². The summed E-state index contributed by atoms with van der Waals surface area (Å²) in [6.07, 6.45) is 7.62. The minimum Gasteiger partial charge on any atom is -0.465 e. The molecule has 2 fully saturated rings. The Morgan fingerprint density at radius 3 is 1.79 bits per heavy atom. The van der Waals surface area contributed by atoms with Gasteiger partial charge in [-0.1, -0.05) is 38.5 Å². The highest BCUT2D eigenvalue weighted by Crippen LogP contribution is 2.48. The molecule has 2 aliphatic rings. The lowest BCUT2D eigenvalue weighted by molar-refractivity contribution is 0.0211. The van der Waals surface area contributed by atoms with Crippen LogP contribution in [0.25, 0.3) is 0 Å². The van der Waals surface area contributed by atoms with E-state index in [9.17, 15) is 19.8 Å². The Hall–Kier alpha value is -1.26. The van der Waals surface area contributed by atoms with E-state index in [1.165, 1.54) is 12.8 Å². The fourth-order valence-electron chi connectivity index (χ4n) is 4.05. The Morgan fingerprint density at radius 2 is 1.32 bits per heavy atom. The highest BCUT2D eigenvalue weighted by Gasteiger charge is 2.47. The van der Waals surface area contributed by atoms with Crippen LogP contribution in [0.2, 0.25) is 0 Å². The SMILES string of the molecule is O=C(O)N(C(=O)O)C1CCCCC12CCCCCC2. The summed E-state index contributed by atoms with van der Waals surface area (Å²) in [5.41, 5.74) is -0.0917. The van der Waals surface area contributed by atoms with Crippen molar-refractivity contribution in [1.82, 2.24) is 4.90 Å². The third-order valence-electron chi connectivity index (χ3n) is 4.93. The molecule has 0 radical (unpaired) electrons. The Kier molecular flexibility index (Phi) is 4.32. The molecule has 1 unspecified atom stereocenters. The summed E-state index contributed by atoms with van der Waals surface area (Å²) < 4.78 is 0. The van der Waals surface area contributed by atoms with Crippen molar-refractivity contribution in [2.45, 2.75) is 70.3 Å². The van der Waals surface area contributed by atoms with E-state index < -0.39 is 12.2 Å². The molecule has 0 aromatic heterocycles. The zero-order valence-electron chi connectivity index (χ0n) is 11.3. The van der Waals surface area contributed by atoms with Gasteiger partial charge in [0.25, 0.3) is 0 Å². The molecule has 108 valence electrons. The van der Waals surface area contributed by atoms with Crippen molar-refractivity contribution < 1.29 is 19.8 Å². The summed E-state index contributed by atoms with van der Waals surface area (Å²) in [6.45, 7) is 0. The highest BCUT2D eigenvalue weighted by atomic mass is 16.4. The number of hydrogen-bond donors (Lipinski definition) is 2. The quantitative estimate of drug-likeness (QED) is 0.756. The Morgan fingerprint density at radius 1 is 0.842 bits per heavy atom. The Bertz CT molecular complexity index is 333.